The zero-order valence-corrected chi connectivity index (χ0v) is 14.5. The molecule has 0 saturated carbocycles. The first-order valence-corrected chi connectivity index (χ1v) is 9.00. The first-order valence-electron chi connectivity index (χ1n) is 9.00. The summed E-state index contributed by atoms with van der Waals surface area (Å²) in [5.74, 6) is 0.563. The second-order valence-corrected chi connectivity index (χ2v) is 7.04. The van der Waals surface area contributed by atoms with Crippen molar-refractivity contribution in [2.24, 2.45) is 0 Å². The van der Waals surface area contributed by atoms with Crippen LogP contribution >= 0.6 is 0 Å². The van der Waals surface area contributed by atoms with E-state index in [-0.39, 0.29) is 0 Å². The van der Waals surface area contributed by atoms with E-state index in [0.717, 1.165) is 24.0 Å². The smallest absolute Gasteiger partial charge is 0.0726 e. The van der Waals surface area contributed by atoms with E-state index in [1.54, 1.807) is 0 Å². The summed E-state index contributed by atoms with van der Waals surface area (Å²) in [5, 5.41) is 4.93. The molecule has 0 saturated heterocycles. The van der Waals surface area contributed by atoms with Crippen molar-refractivity contribution < 1.29 is 0 Å². The fourth-order valence-corrected chi connectivity index (χ4v) is 3.61. The Hall–Kier alpha value is -2.35. The summed E-state index contributed by atoms with van der Waals surface area (Å²) in [4.78, 5) is 4.92. The van der Waals surface area contributed by atoms with Gasteiger partial charge in [0.25, 0.3) is 0 Å². The van der Waals surface area contributed by atoms with E-state index in [0.29, 0.717) is 5.92 Å². The lowest BCUT2D eigenvalue weighted by molar-refractivity contribution is 0.672. The Morgan fingerprint density at radius 3 is 2.46 bits per heavy atom. The van der Waals surface area contributed by atoms with Gasteiger partial charge in [-0.2, -0.15) is 0 Å². The summed E-state index contributed by atoms with van der Waals surface area (Å²) in [6, 6.07) is 17.3. The van der Waals surface area contributed by atoms with Gasteiger partial charge in [0.15, 0.2) is 0 Å². The van der Waals surface area contributed by atoms with Crippen LogP contribution in [-0.4, -0.2) is 4.98 Å². The first-order chi connectivity index (χ1) is 11.7. The van der Waals surface area contributed by atoms with Gasteiger partial charge in [0.1, 0.15) is 0 Å². The van der Waals surface area contributed by atoms with Crippen LogP contribution in [0.5, 0.6) is 0 Å². The van der Waals surface area contributed by atoms with E-state index in [9.17, 15) is 0 Å². The second kappa shape index (κ2) is 6.27. The van der Waals surface area contributed by atoms with Crippen LogP contribution in [0.15, 0.2) is 48.5 Å². The molecule has 0 unspecified atom stereocenters. The number of fused-ring (bicyclic) bond motifs is 2. The highest BCUT2D eigenvalue weighted by Crippen LogP contribution is 2.35. The van der Waals surface area contributed by atoms with Gasteiger partial charge in [0.2, 0.25) is 0 Å². The van der Waals surface area contributed by atoms with Crippen LogP contribution in [0.2, 0.25) is 0 Å². The van der Waals surface area contributed by atoms with Crippen molar-refractivity contribution in [1.29, 1.82) is 0 Å². The fraction of sp³-hybridized carbons (Fsp3) is 0.318. The number of aryl methyl sites for hydroxylation is 1. The molecule has 0 spiro atoms. The number of para-hydroxylation sites is 1. The molecule has 0 bridgehead atoms. The van der Waals surface area contributed by atoms with Gasteiger partial charge < -0.3 is 5.32 Å². The standard InChI is InChI=1S/C22H24N2/c1-15(2)16-11-13-17(14-12-16)23-22-18-7-3-5-9-20(18)24-21-10-6-4-8-19(21)22/h3,5,7,9,11-15H,4,6,8,10H2,1-2H3,(H,23,24). The van der Waals surface area contributed by atoms with Gasteiger partial charge in [-0.3, -0.25) is 4.98 Å². The summed E-state index contributed by atoms with van der Waals surface area (Å²) in [5.41, 5.74) is 7.58. The predicted molar refractivity (Wildman–Crippen MR) is 102 cm³/mol. The van der Waals surface area contributed by atoms with Crippen molar-refractivity contribution in [3.63, 3.8) is 0 Å². The quantitative estimate of drug-likeness (QED) is 0.643. The number of rotatable bonds is 3. The Kier molecular flexibility index (Phi) is 3.97. The minimum absolute atomic E-state index is 0.563. The van der Waals surface area contributed by atoms with E-state index in [1.165, 1.54) is 40.7 Å². The lowest BCUT2D eigenvalue weighted by Crippen LogP contribution is -2.09. The number of hydrogen-bond acceptors (Lipinski definition) is 2. The highest BCUT2D eigenvalue weighted by Gasteiger charge is 2.18. The molecule has 2 heteroatoms. The van der Waals surface area contributed by atoms with Crippen LogP contribution in [0.3, 0.4) is 0 Å². The molecule has 1 N–H and O–H groups in total. The van der Waals surface area contributed by atoms with E-state index in [1.807, 2.05) is 0 Å². The van der Waals surface area contributed by atoms with Crippen molar-refractivity contribution >= 4 is 22.3 Å². The van der Waals surface area contributed by atoms with Crippen LogP contribution in [0, 0.1) is 0 Å². The van der Waals surface area contributed by atoms with Gasteiger partial charge in [-0.05, 0) is 60.9 Å². The maximum Gasteiger partial charge on any atom is 0.0726 e. The molecular weight excluding hydrogens is 292 g/mol. The zero-order chi connectivity index (χ0) is 16.5. The average molecular weight is 316 g/mol. The van der Waals surface area contributed by atoms with Crippen LogP contribution in [0.25, 0.3) is 10.9 Å². The maximum absolute atomic E-state index is 4.92. The summed E-state index contributed by atoms with van der Waals surface area (Å²) < 4.78 is 0. The number of anilines is 2. The van der Waals surface area contributed by atoms with Gasteiger partial charge in [-0.1, -0.05) is 44.2 Å². The van der Waals surface area contributed by atoms with Crippen LogP contribution in [-0.2, 0) is 12.8 Å². The van der Waals surface area contributed by atoms with E-state index >= 15 is 0 Å². The molecule has 4 rings (SSSR count). The van der Waals surface area contributed by atoms with Crippen LogP contribution in [0.4, 0.5) is 11.4 Å². The van der Waals surface area contributed by atoms with Crippen LogP contribution < -0.4 is 5.32 Å². The molecule has 0 aliphatic heterocycles. The molecule has 0 fully saturated rings. The zero-order valence-electron chi connectivity index (χ0n) is 14.5. The minimum Gasteiger partial charge on any atom is -0.355 e. The van der Waals surface area contributed by atoms with Gasteiger partial charge in [0.05, 0.1) is 11.2 Å². The molecule has 1 aliphatic carbocycles. The van der Waals surface area contributed by atoms with Crippen molar-refractivity contribution in [2.45, 2.75) is 45.4 Å². The molecule has 0 atom stereocenters. The van der Waals surface area contributed by atoms with Crippen molar-refractivity contribution in [2.75, 3.05) is 5.32 Å². The molecule has 1 aromatic heterocycles. The lowest BCUT2D eigenvalue weighted by atomic mass is 9.92. The van der Waals surface area contributed by atoms with Gasteiger partial charge in [-0.15, -0.1) is 0 Å². The summed E-state index contributed by atoms with van der Waals surface area (Å²) in [7, 11) is 0. The second-order valence-electron chi connectivity index (χ2n) is 7.04. The summed E-state index contributed by atoms with van der Waals surface area (Å²) in [6.07, 6.45) is 4.73. The number of hydrogen-bond donors (Lipinski definition) is 1. The third-order valence-electron chi connectivity index (χ3n) is 5.02. The average Bonchev–Trinajstić information content (AvgIpc) is 2.62. The highest BCUT2D eigenvalue weighted by atomic mass is 14.9. The third kappa shape index (κ3) is 2.77. The predicted octanol–water partition coefficient (Wildman–Crippen LogP) is 5.98. The first kappa shape index (κ1) is 15.2. The molecule has 2 nitrogen and oxygen atoms in total. The number of benzene rings is 2. The Balaban J connectivity index is 1.80. The molecule has 1 heterocycles. The molecule has 0 amide bonds. The van der Waals surface area contributed by atoms with Crippen molar-refractivity contribution in [3.05, 3.63) is 65.4 Å². The molecule has 122 valence electrons. The van der Waals surface area contributed by atoms with Gasteiger partial charge in [-0.25, -0.2) is 0 Å². The number of nitrogens with zero attached hydrogens (tertiary/aromatic N) is 1. The van der Waals surface area contributed by atoms with Gasteiger partial charge >= 0.3 is 0 Å². The van der Waals surface area contributed by atoms with E-state index < -0.39 is 0 Å². The number of aromatic nitrogens is 1. The Bertz CT molecular complexity index is 863. The van der Waals surface area contributed by atoms with E-state index in [4.69, 9.17) is 4.98 Å². The largest absolute Gasteiger partial charge is 0.355 e. The normalized spacial score (nSPS) is 14.0. The van der Waals surface area contributed by atoms with Crippen molar-refractivity contribution in [3.8, 4) is 0 Å². The Morgan fingerprint density at radius 2 is 1.67 bits per heavy atom. The molecule has 3 aromatic rings. The number of nitrogens with one attached hydrogen (secondary N) is 1. The minimum atomic E-state index is 0.563. The SMILES string of the molecule is CC(C)c1ccc(Nc2c3c(nc4ccccc24)CCCC3)cc1. The maximum atomic E-state index is 4.92. The fourth-order valence-electron chi connectivity index (χ4n) is 3.61. The highest BCUT2D eigenvalue weighted by molar-refractivity contribution is 5.95. The molecule has 1 aliphatic rings. The number of pyridine rings is 1. The third-order valence-corrected chi connectivity index (χ3v) is 5.02. The molecule has 24 heavy (non-hydrogen) atoms. The Labute approximate surface area is 143 Å². The molecular formula is C22H24N2. The molecule has 2 aromatic carbocycles. The van der Waals surface area contributed by atoms with Gasteiger partial charge in [0, 0.05) is 16.8 Å². The molecule has 0 radical (unpaired) electrons. The van der Waals surface area contributed by atoms with E-state index in [2.05, 4.69) is 67.7 Å². The Morgan fingerprint density at radius 1 is 0.917 bits per heavy atom. The lowest BCUT2D eigenvalue weighted by Gasteiger charge is -2.22. The monoisotopic (exact) mass is 316 g/mol. The topological polar surface area (TPSA) is 24.9 Å². The van der Waals surface area contributed by atoms with Crippen molar-refractivity contribution in [1.82, 2.24) is 4.98 Å². The summed E-state index contributed by atoms with van der Waals surface area (Å²) in [6.45, 7) is 4.46. The van der Waals surface area contributed by atoms with Crippen LogP contribution in [0.1, 0.15) is 49.4 Å². The summed E-state index contributed by atoms with van der Waals surface area (Å²) >= 11 is 0.